The fourth-order valence-electron chi connectivity index (χ4n) is 2.80. The first-order valence-electron chi connectivity index (χ1n) is 9.41. The van der Waals surface area contributed by atoms with Crippen LogP contribution in [-0.4, -0.2) is 84.4 Å². The van der Waals surface area contributed by atoms with Crippen molar-refractivity contribution in [2.24, 2.45) is 5.92 Å². The number of ether oxygens (including phenoxy) is 1. The molecule has 2 rings (SSSR count). The van der Waals surface area contributed by atoms with Gasteiger partial charge in [0, 0.05) is 45.9 Å². The number of carbonyl (C=O) groups is 1. The molecule has 8 nitrogen and oxygen atoms in total. The summed E-state index contributed by atoms with van der Waals surface area (Å²) in [6, 6.07) is 0. The van der Waals surface area contributed by atoms with E-state index in [1.165, 1.54) is 6.26 Å². The number of hydrogen-bond donors (Lipinski definition) is 2. The summed E-state index contributed by atoms with van der Waals surface area (Å²) in [6.45, 7) is 12.4. The van der Waals surface area contributed by atoms with Crippen molar-refractivity contribution in [2.75, 3.05) is 52.5 Å². The van der Waals surface area contributed by atoms with Gasteiger partial charge in [-0.25, -0.2) is 4.98 Å². The summed E-state index contributed by atoms with van der Waals surface area (Å²) in [6.07, 6.45) is 0.978. The molecule has 0 unspecified atom stereocenters. The van der Waals surface area contributed by atoms with Crippen LogP contribution in [0.15, 0.2) is 10.7 Å². The minimum Gasteiger partial charge on any atom is -0.447 e. The van der Waals surface area contributed by atoms with Crippen molar-refractivity contribution < 1.29 is 19.1 Å². The Kier molecular flexibility index (Phi) is 8.50. The third-order valence-electron chi connectivity index (χ3n) is 4.26. The topological polar surface area (TPSA) is 91.1 Å². The predicted octanol–water partition coefficient (Wildman–Crippen LogP) is 0.575. The van der Waals surface area contributed by atoms with Crippen molar-refractivity contribution in [3.05, 3.63) is 17.8 Å². The number of β-amino-alcohol motifs (C(OH)–C–C–N with tert-alkyl or cyclic N) is 1. The number of aromatic nitrogens is 1. The number of aliphatic hydroxyl groups excluding tert-OH is 1. The monoisotopic (exact) mass is 368 g/mol. The molecule has 1 aromatic rings. The van der Waals surface area contributed by atoms with Gasteiger partial charge in [0.2, 0.25) is 5.89 Å². The van der Waals surface area contributed by atoms with E-state index in [-0.39, 0.29) is 5.91 Å². The molecular weight excluding hydrogens is 336 g/mol. The molecule has 0 saturated carbocycles. The molecule has 2 heterocycles. The van der Waals surface area contributed by atoms with Gasteiger partial charge in [-0.2, -0.15) is 0 Å². The minimum absolute atomic E-state index is 0.193. The summed E-state index contributed by atoms with van der Waals surface area (Å²) in [7, 11) is 0. The van der Waals surface area contributed by atoms with E-state index >= 15 is 0 Å². The molecule has 0 bridgehead atoms. The Hall–Kier alpha value is -1.48. The molecule has 148 valence electrons. The summed E-state index contributed by atoms with van der Waals surface area (Å²) < 4.78 is 10.7. The molecule has 0 radical (unpaired) electrons. The summed E-state index contributed by atoms with van der Waals surface area (Å²) in [4.78, 5) is 20.8. The molecule has 1 fully saturated rings. The second kappa shape index (κ2) is 10.6. The van der Waals surface area contributed by atoms with Crippen LogP contribution in [0, 0.1) is 5.92 Å². The quantitative estimate of drug-likeness (QED) is 0.624. The lowest BCUT2D eigenvalue weighted by Crippen LogP contribution is -2.48. The lowest BCUT2D eigenvalue weighted by Gasteiger charge is -2.34. The minimum atomic E-state index is -0.444. The van der Waals surface area contributed by atoms with Gasteiger partial charge in [-0.15, -0.1) is 0 Å². The van der Waals surface area contributed by atoms with E-state index in [9.17, 15) is 9.90 Å². The van der Waals surface area contributed by atoms with Gasteiger partial charge in [0.05, 0.1) is 19.3 Å². The van der Waals surface area contributed by atoms with Gasteiger partial charge < -0.3 is 19.6 Å². The largest absolute Gasteiger partial charge is 0.447 e. The van der Waals surface area contributed by atoms with Crippen LogP contribution in [0.1, 0.15) is 37.2 Å². The number of hydrogen-bond acceptors (Lipinski definition) is 7. The van der Waals surface area contributed by atoms with Crippen LogP contribution in [0.5, 0.6) is 0 Å². The highest BCUT2D eigenvalue weighted by molar-refractivity contribution is 5.91. The van der Waals surface area contributed by atoms with Crippen LogP contribution in [0.2, 0.25) is 0 Å². The van der Waals surface area contributed by atoms with Crippen LogP contribution < -0.4 is 5.32 Å². The average Bonchev–Trinajstić information content (AvgIpc) is 3.08. The Labute approximate surface area is 155 Å². The fourth-order valence-corrected chi connectivity index (χ4v) is 2.80. The number of oxazole rings is 1. The van der Waals surface area contributed by atoms with Crippen LogP contribution >= 0.6 is 0 Å². The van der Waals surface area contributed by atoms with Gasteiger partial charge in [0.25, 0.3) is 5.91 Å². The number of amides is 1. The smallest absolute Gasteiger partial charge is 0.273 e. The SMILES string of the molecule is CCOC[C@@H](O)CN1CCN(Cc2nc(C(=O)NCC(C)C)co2)CC1. The summed E-state index contributed by atoms with van der Waals surface area (Å²) in [5.74, 6) is 0.764. The third kappa shape index (κ3) is 7.03. The number of nitrogens with zero attached hydrogens (tertiary/aromatic N) is 3. The van der Waals surface area contributed by atoms with E-state index in [4.69, 9.17) is 9.15 Å². The second-order valence-electron chi connectivity index (χ2n) is 7.12. The maximum Gasteiger partial charge on any atom is 0.273 e. The Morgan fingerprint density at radius 2 is 2.04 bits per heavy atom. The molecule has 1 aromatic heterocycles. The lowest BCUT2D eigenvalue weighted by atomic mass is 10.2. The van der Waals surface area contributed by atoms with Crippen molar-refractivity contribution in [2.45, 2.75) is 33.4 Å². The fraction of sp³-hybridized carbons (Fsp3) is 0.778. The molecule has 26 heavy (non-hydrogen) atoms. The maximum absolute atomic E-state index is 12.0. The van der Waals surface area contributed by atoms with E-state index in [1.54, 1.807) is 0 Å². The van der Waals surface area contributed by atoms with E-state index in [1.807, 2.05) is 20.8 Å². The van der Waals surface area contributed by atoms with Crippen molar-refractivity contribution >= 4 is 5.91 Å². The van der Waals surface area contributed by atoms with Gasteiger partial charge in [-0.05, 0) is 12.8 Å². The maximum atomic E-state index is 12.0. The van der Waals surface area contributed by atoms with Gasteiger partial charge in [0.1, 0.15) is 6.26 Å². The van der Waals surface area contributed by atoms with Gasteiger partial charge >= 0.3 is 0 Å². The van der Waals surface area contributed by atoms with Crippen molar-refractivity contribution in [3.8, 4) is 0 Å². The molecule has 1 amide bonds. The van der Waals surface area contributed by atoms with Crippen molar-refractivity contribution in [1.82, 2.24) is 20.1 Å². The zero-order valence-corrected chi connectivity index (χ0v) is 16.1. The Bertz CT molecular complexity index is 541. The first-order chi connectivity index (χ1) is 12.5. The van der Waals surface area contributed by atoms with Gasteiger partial charge in [0.15, 0.2) is 5.69 Å². The Morgan fingerprint density at radius 3 is 2.69 bits per heavy atom. The zero-order chi connectivity index (χ0) is 18.9. The third-order valence-corrected chi connectivity index (χ3v) is 4.26. The van der Waals surface area contributed by atoms with Gasteiger partial charge in [-0.3, -0.25) is 14.6 Å². The number of rotatable bonds is 10. The van der Waals surface area contributed by atoms with E-state index in [2.05, 4.69) is 20.1 Å². The number of nitrogens with one attached hydrogen (secondary N) is 1. The summed E-state index contributed by atoms with van der Waals surface area (Å²) in [5, 5.41) is 12.8. The molecule has 8 heteroatoms. The molecule has 2 N–H and O–H groups in total. The molecule has 1 atom stereocenters. The first kappa shape index (κ1) is 20.8. The van der Waals surface area contributed by atoms with Crippen LogP contribution in [-0.2, 0) is 11.3 Å². The van der Waals surface area contributed by atoms with Gasteiger partial charge in [-0.1, -0.05) is 13.8 Å². The molecule has 0 aliphatic carbocycles. The molecule has 0 spiro atoms. The summed E-state index contributed by atoms with van der Waals surface area (Å²) in [5.41, 5.74) is 0.332. The second-order valence-corrected chi connectivity index (χ2v) is 7.12. The van der Waals surface area contributed by atoms with Crippen molar-refractivity contribution in [3.63, 3.8) is 0 Å². The molecule has 1 aliphatic heterocycles. The standard InChI is InChI=1S/C18H32N4O4/c1-4-25-12-15(23)10-21-5-7-22(8-6-21)11-17-20-16(13-26-17)18(24)19-9-14(2)3/h13-15,23H,4-12H2,1-3H3,(H,19,24)/t15-/m0/s1. The molecule has 0 aromatic carbocycles. The highest BCUT2D eigenvalue weighted by Gasteiger charge is 2.21. The molecule has 1 saturated heterocycles. The Balaban J connectivity index is 1.71. The Morgan fingerprint density at radius 1 is 1.35 bits per heavy atom. The molecule has 1 aliphatic rings. The number of carbonyl (C=O) groups excluding carboxylic acids is 1. The predicted molar refractivity (Wildman–Crippen MR) is 97.9 cm³/mol. The van der Waals surface area contributed by atoms with E-state index in [0.29, 0.717) is 50.4 Å². The summed E-state index contributed by atoms with van der Waals surface area (Å²) >= 11 is 0. The highest BCUT2D eigenvalue weighted by atomic mass is 16.5. The lowest BCUT2D eigenvalue weighted by molar-refractivity contribution is 0.00949. The average molecular weight is 368 g/mol. The normalized spacial score (nSPS) is 17.6. The van der Waals surface area contributed by atoms with Crippen LogP contribution in [0.25, 0.3) is 0 Å². The van der Waals surface area contributed by atoms with E-state index < -0.39 is 6.10 Å². The van der Waals surface area contributed by atoms with Crippen LogP contribution in [0.4, 0.5) is 0 Å². The van der Waals surface area contributed by atoms with E-state index in [0.717, 1.165) is 26.2 Å². The molecular formula is C18H32N4O4. The number of piperazine rings is 1. The zero-order valence-electron chi connectivity index (χ0n) is 16.1. The first-order valence-corrected chi connectivity index (χ1v) is 9.41. The number of aliphatic hydroxyl groups is 1. The van der Waals surface area contributed by atoms with Crippen molar-refractivity contribution in [1.29, 1.82) is 0 Å². The van der Waals surface area contributed by atoms with Crippen LogP contribution in [0.3, 0.4) is 0 Å². The highest BCUT2D eigenvalue weighted by Crippen LogP contribution is 2.10.